The van der Waals surface area contributed by atoms with Crippen LogP contribution in [0.2, 0.25) is 0 Å². The molecule has 22 heavy (non-hydrogen) atoms. The first-order valence-electron chi connectivity index (χ1n) is 5.92. The molecule has 0 aliphatic heterocycles. The lowest BCUT2D eigenvalue weighted by Gasteiger charge is -2.08. The summed E-state index contributed by atoms with van der Waals surface area (Å²) in [6.07, 6.45) is -3.11. The molecule has 0 spiro atoms. The molecular formula is C11H11F3N4O2S2. The van der Waals surface area contributed by atoms with Crippen LogP contribution >= 0.6 is 11.3 Å². The van der Waals surface area contributed by atoms with E-state index in [1.165, 1.54) is 6.07 Å². The van der Waals surface area contributed by atoms with E-state index in [0.29, 0.717) is 6.42 Å². The molecule has 0 saturated heterocycles. The number of alkyl halides is 3. The van der Waals surface area contributed by atoms with Crippen molar-refractivity contribution in [1.82, 2.24) is 9.97 Å². The van der Waals surface area contributed by atoms with Gasteiger partial charge in [-0.15, -0.1) is 11.3 Å². The number of thiophene rings is 1. The summed E-state index contributed by atoms with van der Waals surface area (Å²) < 4.78 is 59.7. The second kappa shape index (κ2) is 6.18. The normalized spacial score (nSPS) is 12.4. The number of halogens is 3. The topological polar surface area (TPSA) is 98.0 Å². The number of nitrogens with two attached hydrogens (primary N) is 1. The molecule has 11 heteroatoms. The van der Waals surface area contributed by atoms with Crippen LogP contribution in [0.4, 0.5) is 19.1 Å². The van der Waals surface area contributed by atoms with Crippen LogP contribution in [0.3, 0.4) is 0 Å². The Bertz CT molecular complexity index is 759. The first kappa shape index (κ1) is 16.6. The Hall–Kier alpha value is -1.72. The third-order valence-corrected chi connectivity index (χ3v) is 5.10. The van der Waals surface area contributed by atoms with Gasteiger partial charge in [-0.3, -0.25) is 0 Å². The molecule has 0 saturated carbocycles. The van der Waals surface area contributed by atoms with Gasteiger partial charge >= 0.3 is 6.18 Å². The average Bonchev–Trinajstić information content (AvgIpc) is 2.87. The number of anilines is 1. The zero-order valence-electron chi connectivity index (χ0n) is 11.0. The maximum atomic E-state index is 12.5. The predicted molar refractivity (Wildman–Crippen MR) is 74.9 cm³/mol. The SMILES string of the molecule is NS(=O)(=O)c1ccc(CCNc2nccc(C(F)(F)F)n2)s1. The van der Waals surface area contributed by atoms with Crippen LogP contribution in [-0.2, 0) is 22.6 Å². The quantitative estimate of drug-likeness (QED) is 0.856. The number of rotatable bonds is 5. The Kier molecular flexibility index (Phi) is 4.68. The maximum absolute atomic E-state index is 12.5. The molecule has 6 nitrogen and oxygen atoms in total. The Balaban J connectivity index is 1.96. The van der Waals surface area contributed by atoms with Crippen LogP contribution in [0.1, 0.15) is 10.6 Å². The Morgan fingerprint density at radius 3 is 2.59 bits per heavy atom. The largest absolute Gasteiger partial charge is 0.433 e. The number of sulfonamides is 1. The van der Waals surface area contributed by atoms with E-state index in [0.717, 1.165) is 28.5 Å². The van der Waals surface area contributed by atoms with Gasteiger partial charge in [-0.2, -0.15) is 13.2 Å². The molecule has 0 aliphatic carbocycles. The zero-order chi connectivity index (χ0) is 16.4. The van der Waals surface area contributed by atoms with Crippen molar-refractivity contribution in [3.8, 4) is 0 Å². The first-order chi connectivity index (χ1) is 10.2. The van der Waals surface area contributed by atoms with Gasteiger partial charge in [0, 0.05) is 17.6 Å². The van der Waals surface area contributed by atoms with Crippen molar-refractivity contribution in [2.45, 2.75) is 16.8 Å². The lowest BCUT2D eigenvalue weighted by Crippen LogP contribution is -2.12. The van der Waals surface area contributed by atoms with Crippen molar-refractivity contribution in [3.63, 3.8) is 0 Å². The molecule has 0 bridgehead atoms. The third-order valence-electron chi connectivity index (χ3n) is 2.52. The summed E-state index contributed by atoms with van der Waals surface area (Å²) in [6, 6.07) is 3.76. The summed E-state index contributed by atoms with van der Waals surface area (Å²) >= 11 is 1.01. The van der Waals surface area contributed by atoms with E-state index in [1.54, 1.807) is 6.07 Å². The molecule has 2 aromatic rings. The van der Waals surface area contributed by atoms with Crippen LogP contribution in [0, 0.1) is 0 Å². The van der Waals surface area contributed by atoms with Gasteiger partial charge in [-0.05, 0) is 24.6 Å². The van der Waals surface area contributed by atoms with Crippen LogP contribution in [0.15, 0.2) is 28.6 Å². The minimum Gasteiger partial charge on any atom is -0.354 e. The monoisotopic (exact) mass is 352 g/mol. The second-order valence-corrected chi connectivity index (χ2v) is 7.16. The van der Waals surface area contributed by atoms with Crippen molar-refractivity contribution in [2.24, 2.45) is 5.14 Å². The molecule has 120 valence electrons. The molecule has 0 unspecified atom stereocenters. The molecule has 2 heterocycles. The molecule has 0 atom stereocenters. The van der Waals surface area contributed by atoms with Crippen molar-refractivity contribution >= 4 is 27.3 Å². The number of hydrogen-bond acceptors (Lipinski definition) is 6. The molecular weight excluding hydrogens is 341 g/mol. The lowest BCUT2D eigenvalue weighted by molar-refractivity contribution is -0.141. The highest BCUT2D eigenvalue weighted by Crippen LogP contribution is 2.27. The third kappa shape index (κ3) is 4.39. The van der Waals surface area contributed by atoms with E-state index >= 15 is 0 Å². The summed E-state index contributed by atoms with van der Waals surface area (Å²) in [5.41, 5.74) is -1.03. The molecule has 2 aromatic heterocycles. The van der Waals surface area contributed by atoms with Gasteiger partial charge in [-0.25, -0.2) is 23.5 Å². The highest BCUT2D eigenvalue weighted by atomic mass is 32.2. The van der Waals surface area contributed by atoms with Gasteiger partial charge in [0.15, 0.2) is 0 Å². The van der Waals surface area contributed by atoms with E-state index in [1.807, 2.05) is 0 Å². The van der Waals surface area contributed by atoms with Gasteiger partial charge in [-0.1, -0.05) is 0 Å². The van der Waals surface area contributed by atoms with Crippen molar-refractivity contribution in [1.29, 1.82) is 0 Å². The summed E-state index contributed by atoms with van der Waals surface area (Å²) in [4.78, 5) is 7.78. The van der Waals surface area contributed by atoms with Gasteiger partial charge in [0.2, 0.25) is 16.0 Å². The molecule has 0 fully saturated rings. The van der Waals surface area contributed by atoms with Gasteiger partial charge in [0.1, 0.15) is 9.90 Å². The van der Waals surface area contributed by atoms with E-state index < -0.39 is 21.9 Å². The molecule has 2 rings (SSSR count). The molecule has 0 amide bonds. The molecule has 0 aliphatic rings. The van der Waals surface area contributed by atoms with Gasteiger partial charge in [0.25, 0.3) is 0 Å². The van der Waals surface area contributed by atoms with Crippen molar-refractivity contribution in [2.75, 3.05) is 11.9 Å². The standard InChI is InChI=1S/C11H11F3N4O2S2/c12-11(13,14)8-4-6-17-10(18-8)16-5-3-7-1-2-9(21-7)22(15,19)20/h1-2,4,6H,3,5H2,(H2,15,19,20)(H,16,17,18). The van der Waals surface area contributed by atoms with Crippen LogP contribution in [0.5, 0.6) is 0 Å². The van der Waals surface area contributed by atoms with Crippen LogP contribution in [0.25, 0.3) is 0 Å². The first-order valence-corrected chi connectivity index (χ1v) is 8.28. The Morgan fingerprint density at radius 2 is 2.00 bits per heavy atom. The van der Waals surface area contributed by atoms with E-state index in [9.17, 15) is 21.6 Å². The number of hydrogen-bond donors (Lipinski definition) is 2. The number of aromatic nitrogens is 2. The van der Waals surface area contributed by atoms with E-state index in [4.69, 9.17) is 5.14 Å². The molecule has 3 N–H and O–H groups in total. The number of nitrogens with one attached hydrogen (secondary N) is 1. The number of nitrogens with zero attached hydrogens (tertiary/aromatic N) is 2. The van der Waals surface area contributed by atoms with Crippen LogP contribution in [-0.4, -0.2) is 24.9 Å². The fourth-order valence-electron chi connectivity index (χ4n) is 1.54. The lowest BCUT2D eigenvalue weighted by atomic mass is 10.3. The van der Waals surface area contributed by atoms with Crippen LogP contribution < -0.4 is 10.5 Å². The Morgan fingerprint density at radius 1 is 1.27 bits per heavy atom. The fraction of sp³-hybridized carbons (Fsp3) is 0.273. The van der Waals surface area contributed by atoms with Crippen molar-refractivity contribution < 1.29 is 21.6 Å². The predicted octanol–water partition coefficient (Wildman–Crippen LogP) is 1.86. The minimum atomic E-state index is -4.53. The van der Waals surface area contributed by atoms with E-state index in [-0.39, 0.29) is 16.7 Å². The summed E-state index contributed by atoms with van der Waals surface area (Å²) in [6.45, 7) is 0.256. The smallest absolute Gasteiger partial charge is 0.354 e. The van der Waals surface area contributed by atoms with Gasteiger partial charge in [0.05, 0.1) is 0 Å². The second-order valence-electron chi connectivity index (χ2n) is 4.21. The van der Waals surface area contributed by atoms with Gasteiger partial charge < -0.3 is 5.32 Å². The highest BCUT2D eigenvalue weighted by molar-refractivity contribution is 7.91. The van der Waals surface area contributed by atoms with E-state index in [2.05, 4.69) is 15.3 Å². The fourth-order valence-corrected chi connectivity index (χ4v) is 3.32. The summed E-state index contributed by atoms with van der Waals surface area (Å²) in [5.74, 6) is -0.141. The summed E-state index contributed by atoms with van der Waals surface area (Å²) in [7, 11) is -3.73. The summed E-state index contributed by atoms with van der Waals surface area (Å²) in [5, 5.41) is 7.65. The number of primary sulfonamides is 1. The zero-order valence-corrected chi connectivity index (χ0v) is 12.6. The molecule has 0 aromatic carbocycles. The minimum absolute atomic E-state index is 0.0396. The van der Waals surface area contributed by atoms with Crippen molar-refractivity contribution in [3.05, 3.63) is 35.0 Å². The maximum Gasteiger partial charge on any atom is 0.433 e. The molecule has 0 radical (unpaired) electrons. The highest BCUT2D eigenvalue weighted by Gasteiger charge is 2.32. The Labute approximate surface area is 128 Å². The average molecular weight is 352 g/mol.